The number of likely N-dealkylation sites (N-methyl/N-ethyl adjacent to an activating group) is 1. The van der Waals surface area contributed by atoms with Crippen LogP contribution in [0.5, 0.6) is 0 Å². The maximum Gasteiger partial charge on any atom is 0.225 e. The molecule has 0 aliphatic rings. The monoisotopic (exact) mass is 254 g/mol. The van der Waals surface area contributed by atoms with E-state index < -0.39 is 0 Å². The molecule has 0 aliphatic carbocycles. The summed E-state index contributed by atoms with van der Waals surface area (Å²) in [6.45, 7) is 0. The number of benzene rings is 1. The Morgan fingerprint density at radius 3 is 2.59 bits per heavy atom. The van der Waals surface area contributed by atoms with E-state index in [9.17, 15) is 9.59 Å². The van der Waals surface area contributed by atoms with Gasteiger partial charge in [0.25, 0.3) is 0 Å². The van der Waals surface area contributed by atoms with Crippen LogP contribution in [0.15, 0.2) is 24.3 Å². The van der Waals surface area contributed by atoms with Crippen LogP contribution >= 0.6 is 11.6 Å². The highest BCUT2D eigenvalue weighted by atomic mass is 35.5. The fourth-order valence-electron chi connectivity index (χ4n) is 1.36. The number of carbonyl (C=O) groups is 2. The van der Waals surface area contributed by atoms with Gasteiger partial charge < -0.3 is 10.6 Å². The van der Waals surface area contributed by atoms with Gasteiger partial charge in [-0.3, -0.25) is 9.59 Å². The first-order valence-electron chi connectivity index (χ1n) is 5.31. The molecule has 0 unspecified atom stereocenters. The van der Waals surface area contributed by atoms with Crippen LogP contribution in [0, 0.1) is 0 Å². The summed E-state index contributed by atoms with van der Waals surface area (Å²) >= 11 is 5.48. The molecule has 0 fully saturated rings. The molecule has 17 heavy (non-hydrogen) atoms. The topological polar surface area (TPSA) is 58.2 Å². The second-order valence-corrected chi connectivity index (χ2v) is 3.87. The molecule has 1 aromatic rings. The second kappa shape index (κ2) is 6.91. The lowest BCUT2D eigenvalue weighted by atomic mass is 10.1. The van der Waals surface area contributed by atoms with Crippen molar-refractivity contribution < 1.29 is 9.59 Å². The van der Waals surface area contributed by atoms with Gasteiger partial charge in [-0.05, 0) is 11.6 Å². The number of hydrogen-bond acceptors (Lipinski definition) is 2. The first kappa shape index (κ1) is 13.5. The Morgan fingerprint density at radius 2 is 1.94 bits per heavy atom. The summed E-state index contributed by atoms with van der Waals surface area (Å²) in [5, 5.41) is 5.28. The summed E-state index contributed by atoms with van der Waals surface area (Å²) < 4.78 is 0. The lowest BCUT2D eigenvalue weighted by Gasteiger charge is -2.09. The van der Waals surface area contributed by atoms with Crippen LogP contribution in [-0.2, 0) is 16.0 Å². The Labute approximate surface area is 105 Å². The summed E-state index contributed by atoms with van der Waals surface area (Å²) in [6.07, 6.45) is 0.504. The minimum atomic E-state index is -0.149. The van der Waals surface area contributed by atoms with Crippen molar-refractivity contribution >= 4 is 29.1 Å². The predicted molar refractivity (Wildman–Crippen MR) is 68.2 cm³/mol. The number of para-hydroxylation sites is 1. The Kier molecular flexibility index (Phi) is 5.49. The van der Waals surface area contributed by atoms with Crippen LogP contribution < -0.4 is 10.6 Å². The van der Waals surface area contributed by atoms with Gasteiger partial charge in [-0.1, -0.05) is 18.2 Å². The molecular formula is C12H15ClN2O2. The van der Waals surface area contributed by atoms with Crippen LogP contribution in [0.4, 0.5) is 5.69 Å². The minimum Gasteiger partial charge on any atom is -0.359 e. The van der Waals surface area contributed by atoms with E-state index in [-0.39, 0.29) is 30.5 Å². The fourth-order valence-corrected chi connectivity index (χ4v) is 1.53. The van der Waals surface area contributed by atoms with Gasteiger partial charge in [-0.15, -0.1) is 11.6 Å². The van der Waals surface area contributed by atoms with Crippen LogP contribution in [-0.4, -0.2) is 24.7 Å². The van der Waals surface area contributed by atoms with Crippen molar-refractivity contribution in [3.8, 4) is 0 Å². The third-order valence-corrected chi connectivity index (χ3v) is 2.43. The Balaban J connectivity index is 2.77. The smallest absolute Gasteiger partial charge is 0.225 e. The molecule has 0 heterocycles. The average Bonchev–Trinajstić information content (AvgIpc) is 2.31. The highest BCUT2D eigenvalue weighted by Crippen LogP contribution is 2.15. The van der Waals surface area contributed by atoms with Crippen molar-refractivity contribution in [1.29, 1.82) is 0 Å². The maximum absolute atomic E-state index is 11.4. The molecule has 92 valence electrons. The number of halogens is 1. The zero-order valence-corrected chi connectivity index (χ0v) is 10.4. The summed E-state index contributed by atoms with van der Waals surface area (Å²) in [5.74, 6) is 0.0390. The van der Waals surface area contributed by atoms with Crippen LogP contribution in [0.1, 0.15) is 12.0 Å². The van der Waals surface area contributed by atoms with E-state index in [0.717, 1.165) is 5.56 Å². The van der Waals surface area contributed by atoms with Gasteiger partial charge in [-0.2, -0.15) is 0 Å². The lowest BCUT2D eigenvalue weighted by Crippen LogP contribution is -2.21. The molecule has 0 aromatic heterocycles. The number of rotatable bonds is 5. The van der Waals surface area contributed by atoms with Crippen molar-refractivity contribution in [2.75, 3.05) is 18.2 Å². The fraction of sp³-hybridized carbons (Fsp3) is 0.333. The molecule has 2 amide bonds. The van der Waals surface area contributed by atoms with Gasteiger partial charge in [0.05, 0.1) is 6.42 Å². The Bertz CT molecular complexity index is 407. The van der Waals surface area contributed by atoms with Crippen LogP contribution in [0.25, 0.3) is 0 Å². The minimum absolute atomic E-state index is 0.0935. The molecule has 0 saturated carbocycles. The normalized spacial score (nSPS) is 9.76. The number of anilines is 1. The third-order valence-electron chi connectivity index (χ3n) is 2.24. The first-order chi connectivity index (χ1) is 8.17. The van der Waals surface area contributed by atoms with E-state index in [4.69, 9.17) is 11.6 Å². The largest absolute Gasteiger partial charge is 0.359 e. The van der Waals surface area contributed by atoms with E-state index in [1.807, 2.05) is 18.2 Å². The molecule has 0 spiro atoms. The number of carbonyl (C=O) groups excluding carboxylic acids is 2. The van der Waals surface area contributed by atoms with E-state index >= 15 is 0 Å². The average molecular weight is 255 g/mol. The SMILES string of the molecule is CNC(=O)Cc1ccccc1NC(=O)CCCl. The van der Waals surface area contributed by atoms with Crippen molar-refractivity contribution in [1.82, 2.24) is 5.32 Å². The summed E-state index contributed by atoms with van der Waals surface area (Å²) in [6, 6.07) is 7.22. The number of alkyl halides is 1. The van der Waals surface area contributed by atoms with E-state index in [1.165, 1.54) is 0 Å². The molecule has 4 nitrogen and oxygen atoms in total. The van der Waals surface area contributed by atoms with Gasteiger partial charge in [-0.25, -0.2) is 0 Å². The highest BCUT2D eigenvalue weighted by Gasteiger charge is 2.08. The zero-order chi connectivity index (χ0) is 12.7. The van der Waals surface area contributed by atoms with Gasteiger partial charge in [0.15, 0.2) is 0 Å². The molecule has 5 heteroatoms. The molecule has 1 aromatic carbocycles. The number of nitrogens with one attached hydrogen (secondary N) is 2. The van der Waals surface area contributed by atoms with Gasteiger partial charge in [0, 0.05) is 25.0 Å². The molecule has 1 rings (SSSR count). The maximum atomic E-state index is 11.4. The van der Waals surface area contributed by atoms with Crippen molar-refractivity contribution in [2.24, 2.45) is 0 Å². The van der Waals surface area contributed by atoms with Gasteiger partial charge in [0.2, 0.25) is 11.8 Å². The molecule has 0 bridgehead atoms. The lowest BCUT2D eigenvalue weighted by molar-refractivity contribution is -0.120. The predicted octanol–water partition coefficient (Wildman–Crippen LogP) is 1.54. The van der Waals surface area contributed by atoms with Gasteiger partial charge >= 0.3 is 0 Å². The van der Waals surface area contributed by atoms with Gasteiger partial charge in [0.1, 0.15) is 0 Å². The summed E-state index contributed by atoms with van der Waals surface area (Å²) in [4.78, 5) is 22.7. The first-order valence-corrected chi connectivity index (χ1v) is 5.85. The number of hydrogen-bond donors (Lipinski definition) is 2. The van der Waals surface area contributed by atoms with E-state index in [1.54, 1.807) is 13.1 Å². The molecule has 0 saturated heterocycles. The standard InChI is InChI=1S/C12H15ClN2O2/c1-14-12(17)8-9-4-2-3-5-10(9)15-11(16)6-7-13/h2-5H,6-8H2,1H3,(H,14,17)(H,15,16). The second-order valence-electron chi connectivity index (χ2n) is 3.49. The molecule has 2 N–H and O–H groups in total. The van der Waals surface area contributed by atoms with Crippen LogP contribution in [0.2, 0.25) is 0 Å². The number of amides is 2. The van der Waals surface area contributed by atoms with E-state index in [2.05, 4.69) is 10.6 Å². The molecular weight excluding hydrogens is 240 g/mol. The Morgan fingerprint density at radius 1 is 1.24 bits per heavy atom. The highest BCUT2D eigenvalue weighted by molar-refractivity contribution is 6.19. The Hall–Kier alpha value is -1.55. The molecule has 0 aliphatic heterocycles. The molecule has 0 radical (unpaired) electrons. The summed E-state index contributed by atoms with van der Waals surface area (Å²) in [5.41, 5.74) is 1.45. The van der Waals surface area contributed by atoms with E-state index in [0.29, 0.717) is 5.69 Å². The summed E-state index contributed by atoms with van der Waals surface area (Å²) in [7, 11) is 1.58. The van der Waals surface area contributed by atoms with Crippen molar-refractivity contribution in [3.05, 3.63) is 29.8 Å². The molecule has 0 atom stereocenters. The van der Waals surface area contributed by atoms with Crippen molar-refractivity contribution in [3.63, 3.8) is 0 Å². The van der Waals surface area contributed by atoms with Crippen LogP contribution in [0.3, 0.4) is 0 Å². The zero-order valence-electron chi connectivity index (χ0n) is 9.63. The quantitative estimate of drug-likeness (QED) is 0.783. The van der Waals surface area contributed by atoms with Crippen molar-refractivity contribution in [2.45, 2.75) is 12.8 Å². The third kappa shape index (κ3) is 4.44.